The van der Waals surface area contributed by atoms with Crippen molar-refractivity contribution in [3.8, 4) is 17.1 Å². The average Bonchev–Trinajstić information content (AvgIpc) is 2.65. The highest BCUT2D eigenvalue weighted by atomic mass is 35.5. The topological polar surface area (TPSA) is 61.3 Å². The van der Waals surface area contributed by atoms with E-state index in [-0.39, 0.29) is 0 Å². The SMILES string of the molecule is COc1cccc(-c2cc(N)no2)c1Cl. The van der Waals surface area contributed by atoms with Crippen LogP contribution >= 0.6 is 11.6 Å². The van der Waals surface area contributed by atoms with Crippen molar-refractivity contribution in [3.63, 3.8) is 0 Å². The number of halogens is 1. The molecule has 2 aromatic rings. The Bertz CT molecular complexity index is 482. The molecule has 0 bridgehead atoms. The van der Waals surface area contributed by atoms with Gasteiger partial charge in [0.25, 0.3) is 0 Å². The lowest BCUT2D eigenvalue weighted by atomic mass is 10.1. The third-order valence-corrected chi connectivity index (χ3v) is 2.37. The van der Waals surface area contributed by atoms with E-state index in [1.165, 1.54) is 0 Å². The van der Waals surface area contributed by atoms with E-state index in [2.05, 4.69) is 5.16 Å². The molecule has 0 amide bonds. The Hall–Kier alpha value is -1.68. The summed E-state index contributed by atoms with van der Waals surface area (Å²) in [6, 6.07) is 7.01. The van der Waals surface area contributed by atoms with E-state index in [1.54, 1.807) is 19.2 Å². The number of rotatable bonds is 2. The molecule has 1 aromatic carbocycles. The van der Waals surface area contributed by atoms with Crippen LogP contribution in [0.5, 0.6) is 5.75 Å². The maximum absolute atomic E-state index is 6.10. The molecule has 0 saturated heterocycles. The van der Waals surface area contributed by atoms with Crippen LogP contribution in [0.25, 0.3) is 11.3 Å². The Kier molecular flexibility index (Phi) is 2.51. The van der Waals surface area contributed by atoms with Crippen LogP contribution in [-0.4, -0.2) is 12.3 Å². The van der Waals surface area contributed by atoms with Crippen molar-refractivity contribution in [3.05, 3.63) is 29.3 Å². The van der Waals surface area contributed by atoms with E-state index >= 15 is 0 Å². The van der Waals surface area contributed by atoms with Crippen molar-refractivity contribution in [1.29, 1.82) is 0 Å². The first-order valence-electron chi connectivity index (χ1n) is 4.27. The van der Waals surface area contributed by atoms with Crippen LogP contribution in [0.3, 0.4) is 0 Å². The third-order valence-electron chi connectivity index (χ3n) is 1.98. The van der Waals surface area contributed by atoms with E-state index < -0.39 is 0 Å². The van der Waals surface area contributed by atoms with Gasteiger partial charge in [-0.3, -0.25) is 0 Å². The molecule has 0 fully saturated rings. The van der Waals surface area contributed by atoms with Crippen LogP contribution < -0.4 is 10.5 Å². The summed E-state index contributed by atoms with van der Waals surface area (Å²) in [7, 11) is 1.56. The number of ether oxygens (including phenoxy) is 1. The summed E-state index contributed by atoms with van der Waals surface area (Å²) < 4.78 is 10.1. The van der Waals surface area contributed by atoms with Crippen LogP contribution in [0.2, 0.25) is 5.02 Å². The molecule has 1 aromatic heterocycles. The molecule has 0 aliphatic heterocycles. The van der Waals surface area contributed by atoms with Crippen molar-refractivity contribution < 1.29 is 9.26 Å². The van der Waals surface area contributed by atoms with Gasteiger partial charge in [-0.25, -0.2) is 0 Å². The molecule has 5 heteroatoms. The van der Waals surface area contributed by atoms with Crippen molar-refractivity contribution in [2.24, 2.45) is 0 Å². The molecule has 0 spiro atoms. The number of methoxy groups -OCH3 is 1. The minimum absolute atomic E-state index is 0.323. The maximum atomic E-state index is 6.10. The Morgan fingerprint density at radius 1 is 1.47 bits per heavy atom. The Morgan fingerprint density at radius 2 is 2.27 bits per heavy atom. The van der Waals surface area contributed by atoms with Gasteiger partial charge in [0.15, 0.2) is 11.6 Å². The van der Waals surface area contributed by atoms with Gasteiger partial charge in [0.1, 0.15) is 5.75 Å². The summed E-state index contributed by atoms with van der Waals surface area (Å²) in [6.45, 7) is 0. The fourth-order valence-corrected chi connectivity index (χ4v) is 1.57. The molecule has 78 valence electrons. The van der Waals surface area contributed by atoms with Gasteiger partial charge in [0, 0.05) is 11.6 Å². The summed E-state index contributed by atoms with van der Waals surface area (Å²) in [6.07, 6.45) is 0. The highest BCUT2D eigenvalue weighted by Crippen LogP contribution is 2.35. The molecule has 0 radical (unpaired) electrons. The molecule has 0 unspecified atom stereocenters. The zero-order valence-corrected chi connectivity index (χ0v) is 8.78. The van der Waals surface area contributed by atoms with Crippen LogP contribution in [0.4, 0.5) is 5.82 Å². The molecule has 2 N–H and O–H groups in total. The van der Waals surface area contributed by atoms with Crippen molar-refractivity contribution in [2.75, 3.05) is 12.8 Å². The van der Waals surface area contributed by atoms with Crippen LogP contribution in [0, 0.1) is 0 Å². The molecule has 0 atom stereocenters. The number of anilines is 1. The summed E-state index contributed by atoms with van der Waals surface area (Å²) >= 11 is 6.10. The van der Waals surface area contributed by atoms with Crippen molar-refractivity contribution in [2.45, 2.75) is 0 Å². The molecule has 0 aliphatic rings. The van der Waals surface area contributed by atoms with Gasteiger partial charge in [0.2, 0.25) is 0 Å². The minimum Gasteiger partial charge on any atom is -0.495 e. The quantitative estimate of drug-likeness (QED) is 0.852. The summed E-state index contributed by atoms with van der Waals surface area (Å²) in [5, 5.41) is 4.08. The molecule has 0 aliphatic carbocycles. The number of benzene rings is 1. The number of nitrogens with two attached hydrogens (primary N) is 1. The molecule has 15 heavy (non-hydrogen) atoms. The van der Waals surface area contributed by atoms with Gasteiger partial charge >= 0.3 is 0 Å². The monoisotopic (exact) mass is 224 g/mol. The van der Waals surface area contributed by atoms with Crippen molar-refractivity contribution in [1.82, 2.24) is 5.16 Å². The largest absolute Gasteiger partial charge is 0.495 e. The fourth-order valence-electron chi connectivity index (χ4n) is 1.27. The lowest BCUT2D eigenvalue weighted by molar-refractivity contribution is 0.414. The second kappa shape index (κ2) is 3.82. The lowest BCUT2D eigenvalue weighted by Crippen LogP contribution is -1.85. The van der Waals surface area contributed by atoms with Gasteiger partial charge in [0.05, 0.1) is 12.1 Å². The number of aromatic nitrogens is 1. The number of nitrogens with zero attached hydrogens (tertiary/aromatic N) is 1. The molecule has 4 nitrogen and oxygen atoms in total. The predicted molar refractivity (Wildman–Crippen MR) is 57.9 cm³/mol. The zero-order chi connectivity index (χ0) is 10.8. The first-order valence-corrected chi connectivity index (χ1v) is 4.65. The van der Waals surface area contributed by atoms with E-state index in [1.807, 2.05) is 12.1 Å². The van der Waals surface area contributed by atoms with Gasteiger partial charge in [-0.15, -0.1) is 0 Å². The number of hydrogen-bond donors (Lipinski definition) is 1. The van der Waals surface area contributed by atoms with E-state index in [0.29, 0.717) is 27.9 Å². The lowest BCUT2D eigenvalue weighted by Gasteiger charge is -2.05. The second-order valence-corrected chi connectivity index (χ2v) is 3.32. The number of hydrogen-bond acceptors (Lipinski definition) is 4. The fraction of sp³-hybridized carbons (Fsp3) is 0.100. The average molecular weight is 225 g/mol. The maximum Gasteiger partial charge on any atom is 0.170 e. The van der Waals surface area contributed by atoms with Gasteiger partial charge in [-0.05, 0) is 12.1 Å². The first-order chi connectivity index (χ1) is 7.22. The Balaban J connectivity index is 2.53. The standard InChI is InChI=1S/C10H9ClN2O2/c1-14-7-4-2-3-6(10(7)11)8-5-9(12)13-15-8/h2-5H,1H3,(H2,12,13). The molecular formula is C10H9ClN2O2. The van der Waals surface area contributed by atoms with Crippen LogP contribution in [0.1, 0.15) is 0 Å². The molecular weight excluding hydrogens is 216 g/mol. The van der Waals surface area contributed by atoms with Crippen molar-refractivity contribution >= 4 is 17.4 Å². The summed E-state index contributed by atoms with van der Waals surface area (Å²) in [5.41, 5.74) is 6.17. The first kappa shape index (κ1) is 9.86. The Labute approximate surface area is 91.6 Å². The van der Waals surface area contributed by atoms with Gasteiger partial charge in [-0.2, -0.15) is 0 Å². The summed E-state index contributed by atoms with van der Waals surface area (Å²) in [5.74, 6) is 1.43. The number of nitrogen functional groups attached to an aromatic ring is 1. The highest BCUT2D eigenvalue weighted by molar-refractivity contribution is 6.34. The molecule has 1 heterocycles. The van der Waals surface area contributed by atoms with Gasteiger partial charge in [-0.1, -0.05) is 22.8 Å². The normalized spacial score (nSPS) is 10.3. The molecule has 2 rings (SSSR count). The van der Waals surface area contributed by atoms with Crippen LogP contribution in [0.15, 0.2) is 28.8 Å². The second-order valence-electron chi connectivity index (χ2n) is 2.94. The van der Waals surface area contributed by atoms with E-state index in [4.69, 9.17) is 26.6 Å². The highest BCUT2D eigenvalue weighted by Gasteiger charge is 2.12. The predicted octanol–water partition coefficient (Wildman–Crippen LogP) is 2.59. The Morgan fingerprint density at radius 3 is 2.87 bits per heavy atom. The van der Waals surface area contributed by atoms with Crippen LogP contribution in [-0.2, 0) is 0 Å². The minimum atomic E-state index is 0.323. The third kappa shape index (κ3) is 1.76. The van der Waals surface area contributed by atoms with E-state index in [9.17, 15) is 0 Å². The smallest absolute Gasteiger partial charge is 0.170 e. The van der Waals surface area contributed by atoms with E-state index in [0.717, 1.165) is 0 Å². The molecule has 0 saturated carbocycles. The zero-order valence-electron chi connectivity index (χ0n) is 8.03. The van der Waals surface area contributed by atoms with Gasteiger partial charge < -0.3 is 15.0 Å². The summed E-state index contributed by atoms with van der Waals surface area (Å²) in [4.78, 5) is 0.